The molecule has 2 aromatic rings. The number of aromatic amines is 1. The molecule has 0 radical (unpaired) electrons. The quantitative estimate of drug-likeness (QED) is 0.781. The first-order chi connectivity index (χ1) is 10.9. The van der Waals surface area contributed by atoms with Gasteiger partial charge < -0.3 is 15.0 Å². The molecule has 1 aliphatic heterocycles. The van der Waals surface area contributed by atoms with E-state index in [1.54, 1.807) is 4.90 Å². The molecule has 2 aromatic heterocycles. The van der Waals surface area contributed by atoms with Crippen LogP contribution in [-0.4, -0.2) is 51.2 Å². The number of carbonyl (C=O) groups excluding carboxylic acids is 1. The SMILES string of the molecule is CC(C)(C)OC(=O)N1CCNCC1c1c[nH]c2ncnc(Cl)c12. The molecule has 3 heterocycles. The van der Waals surface area contributed by atoms with E-state index < -0.39 is 5.60 Å². The summed E-state index contributed by atoms with van der Waals surface area (Å²) in [5.74, 6) is 0. The van der Waals surface area contributed by atoms with Gasteiger partial charge in [-0.2, -0.15) is 0 Å². The van der Waals surface area contributed by atoms with Gasteiger partial charge in [0, 0.05) is 31.4 Å². The second-order valence-corrected chi connectivity index (χ2v) is 6.88. The summed E-state index contributed by atoms with van der Waals surface area (Å²) in [5, 5.41) is 4.43. The number of carbonyl (C=O) groups is 1. The molecular weight excluding hydrogens is 318 g/mol. The summed E-state index contributed by atoms with van der Waals surface area (Å²) in [7, 11) is 0. The Bertz CT molecular complexity index is 724. The highest BCUT2D eigenvalue weighted by Crippen LogP contribution is 2.32. The van der Waals surface area contributed by atoms with Crippen molar-refractivity contribution in [2.24, 2.45) is 0 Å². The summed E-state index contributed by atoms with van der Waals surface area (Å²) in [4.78, 5) is 25.6. The Kier molecular flexibility index (Phi) is 4.16. The second kappa shape index (κ2) is 5.98. The zero-order chi connectivity index (χ0) is 16.6. The summed E-state index contributed by atoms with van der Waals surface area (Å²) in [6, 6.07) is -0.184. The fourth-order valence-electron chi connectivity index (χ4n) is 2.73. The van der Waals surface area contributed by atoms with Crippen LogP contribution in [0.4, 0.5) is 4.79 Å². The molecule has 0 saturated carbocycles. The number of aromatic nitrogens is 3. The van der Waals surface area contributed by atoms with Gasteiger partial charge in [-0.1, -0.05) is 11.6 Å². The van der Waals surface area contributed by atoms with E-state index in [2.05, 4.69) is 20.3 Å². The van der Waals surface area contributed by atoms with Gasteiger partial charge in [0.1, 0.15) is 22.7 Å². The lowest BCUT2D eigenvalue weighted by Crippen LogP contribution is -2.50. The van der Waals surface area contributed by atoms with E-state index in [9.17, 15) is 4.79 Å². The number of rotatable bonds is 1. The van der Waals surface area contributed by atoms with Crippen molar-refractivity contribution in [3.05, 3.63) is 23.2 Å². The molecular formula is C15H20ClN5O2. The highest BCUT2D eigenvalue weighted by atomic mass is 35.5. The molecule has 1 saturated heterocycles. The highest BCUT2D eigenvalue weighted by Gasteiger charge is 2.33. The molecule has 1 amide bonds. The average Bonchev–Trinajstić information content (AvgIpc) is 2.91. The van der Waals surface area contributed by atoms with Crippen LogP contribution >= 0.6 is 11.6 Å². The molecule has 0 bridgehead atoms. The van der Waals surface area contributed by atoms with Gasteiger partial charge in [0.25, 0.3) is 0 Å². The maximum Gasteiger partial charge on any atom is 0.410 e. The van der Waals surface area contributed by atoms with Crippen LogP contribution in [0.25, 0.3) is 11.0 Å². The molecule has 7 nitrogen and oxygen atoms in total. The van der Waals surface area contributed by atoms with Crippen molar-refractivity contribution < 1.29 is 9.53 Å². The number of amides is 1. The smallest absolute Gasteiger partial charge is 0.410 e. The first-order valence-corrected chi connectivity index (χ1v) is 7.92. The van der Waals surface area contributed by atoms with Crippen molar-refractivity contribution >= 4 is 28.7 Å². The number of hydrogen-bond acceptors (Lipinski definition) is 5. The van der Waals surface area contributed by atoms with E-state index in [4.69, 9.17) is 16.3 Å². The van der Waals surface area contributed by atoms with Gasteiger partial charge in [-0.25, -0.2) is 14.8 Å². The lowest BCUT2D eigenvalue weighted by atomic mass is 10.0. The number of hydrogen-bond donors (Lipinski definition) is 2. The van der Waals surface area contributed by atoms with E-state index in [0.717, 1.165) is 17.5 Å². The van der Waals surface area contributed by atoms with E-state index in [0.29, 0.717) is 23.9 Å². The Hall–Kier alpha value is -1.86. The van der Waals surface area contributed by atoms with E-state index in [1.807, 2.05) is 27.0 Å². The van der Waals surface area contributed by atoms with Crippen molar-refractivity contribution in [2.45, 2.75) is 32.4 Å². The lowest BCUT2D eigenvalue weighted by Gasteiger charge is -2.37. The van der Waals surface area contributed by atoms with Gasteiger partial charge in [0.05, 0.1) is 11.4 Å². The number of nitrogens with zero attached hydrogens (tertiary/aromatic N) is 3. The average molecular weight is 338 g/mol. The van der Waals surface area contributed by atoms with Crippen molar-refractivity contribution in [1.82, 2.24) is 25.2 Å². The third kappa shape index (κ3) is 3.25. The number of piperazine rings is 1. The zero-order valence-corrected chi connectivity index (χ0v) is 14.1. The maximum atomic E-state index is 12.5. The Morgan fingerprint density at radius 1 is 1.43 bits per heavy atom. The molecule has 8 heteroatoms. The van der Waals surface area contributed by atoms with Crippen LogP contribution in [-0.2, 0) is 4.74 Å². The predicted molar refractivity (Wildman–Crippen MR) is 87.4 cm³/mol. The largest absolute Gasteiger partial charge is 0.444 e. The molecule has 1 fully saturated rings. The number of ether oxygens (including phenoxy) is 1. The molecule has 3 rings (SSSR count). The van der Waals surface area contributed by atoms with E-state index >= 15 is 0 Å². The molecule has 2 N–H and O–H groups in total. The Morgan fingerprint density at radius 2 is 2.22 bits per heavy atom. The number of nitrogens with one attached hydrogen (secondary N) is 2. The van der Waals surface area contributed by atoms with Crippen LogP contribution in [0.1, 0.15) is 32.4 Å². The molecule has 1 aliphatic rings. The summed E-state index contributed by atoms with van der Waals surface area (Å²) in [6.07, 6.45) is 2.92. The van der Waals surface area contributed by atoms with Crippen LogP contribution in [0.5, 0.6) is 0 Å². The summed E-state index contributed by atoms with van der Waals surface area (Å²) >= 11 is 6.23. The van der Waals surface area contributed by atoms with Crippen LogP contribution in [0.15, 0.2) is 12.5 Å². The van der Waals surface area contributed by atoms with Crippen molar-refractivity contribution in [3.63, 3.8) is 0 Å². The van der Waals surface area contributed by atoms with Gasteiger partial charge in [0.15, 0.2) is 0 Å². The van der Waals surface area contributed by atoms with Crippen LogP contribution in [0.3, 0.4) is 0 Å². The normalized spacial score (nSPS) is 19.1. The Morgan fingerprint density at radius 3 is 2.96 bits per heavy atom. The van der Waals surface area contributed by atoms with Crippen molar-refractivity contribution in [1.29, 1.82) is 0 Å². The fourth-order valence-corrected chi connectivity index (χ4v) is 2.97. The number of halogens is 1. The van der Waals surface area contributed by atoms with Crippen molar-refractivity contribution in [2.75, 3.05) is 19.6 Å². The zero-order valence-electron chi connectivity index (χ0n) is 13.4. The highest BCUT2D eigenvalue weighted by molar-refractivity contribution is 6.34. The third-order valence-electron chi connectivity index (χ3n) is 3.68. The molecule has 1 unspecified atom stereocenters. The topological polar surface area (TPSA) is 83.1 Å². The Balaban J connectivity index is 1.96. The number of fused-ring (bicyclic) bond motifs is 1. The Labute approximate surface area is 139 Å². The minimum absolute atomic E-state index is 0.184. The maximum absolute atomic E-state index is 12.5. The van der Waals surface area contributed by atoms with Crippen LogP contribution in [0.2, 0.25) is 5.15 Å². The number of H-pyrrole nitrogens is 1. The van der Waals surface area contributed by atoms with E-state index in [-0.39, 0.29) is 12.1 Å². The molecule has 124 valence electrons. The van der Waals surface area contributed by atoms with Crippen LogP contribution < -0.4 is 5.32 Å². The molecule has 1 atom stereocenters. The second-order valence-electron chi connectivity index (χ2n) is 6.53. The molecule has 0 aliphatic carbocycles. The minimum atomic E-state index is -0.534. The standard InChI is InChI=1S/C15H20ClN5O2/c1-15(2,3)23-14(22)21-5-4-17-7-10(21)9-6-18-13-11(9)12(16)19-8-20-13/h6,8,10,17H,4-5,7H2,1-3H3,(H,18,19,20). The van der Waals surface area contributed by atoms with E-state index in [1.165, 1.54) is 6.33 Å². The fraction of sp³-hybridized carbons (Fsp3) is 0.533. The molecule has 0 aromatic carbocycles. The summed E-state index contributed by atoms with van der Waals surface area (Å²) < 4.78 is 5.53. The summed E-state index contributed by atoms with van der Waals surface area (Å²) in [5.41, 5.74) is 1.02. The minimum Gasteiger partial charge on any atom is -0.444 e. The van der Waals surface area contributed by atoms with Gasteiger partial charge in [-0.15, -0.1) is 0 Å². The van der Waals surface area contributed by atoms with Gasteiger partial charge in [-0.3, -0.25) is 4.90 Å². The predicted octanol–water partition coefficient (Wildman–Crippen LogP) is 2.49. The first kappa shape index (κ1) is 16.0. The lowest BCUT2D eigenvalue weighted by molar-refractivity contribution is 0.0119. The van der Waals surface area contributed by atoms with Crippen molar-refractivity contribution in [3.8, 4) is 0 Å². The van der Waals surface area contributed by atoms with Gasteiger partial charge >= 0.3 is 6.09 Å². The van der Waals surface area contributed by atoms with Gasteiger partial charge in [0.2, 0.25) is 0 Å². The summed E-state index contributed by atoms with van der Waals surface area (Å²) in [6.45, 7) is 7.49. The van der Waals surface area contributed by atoms with Gasteiger partial charge in [-0.05, 0) is 20.8 Å². The monoisotopic (exact) mass is 337 g/mol. The molecule has 23 heavy (non-hydrogen) atoms. The third-order valence-corrected chi connectivity index (χ3v) is 3.97. The molecule has 0 spiro atoms. The first-order valence-electron chi connectivity index (χ1n) is 7.54. The van der Waals surface area contributed by atoms with Crippen LogP contribution in [0, 0.1) is 0 Å².